The van der Waals surface area contributed by atoms with Crippen molar-refractivity contribution in [2.45, 2.75) is 31.6 Å². The van der Waals surface area contributed by atoms with E-state index >= 15 is 0 Å². The first-order valence-corrected chi connectivity index (χ1v) is 13.3. The number of rotatable bonds is 2. The number of aryl methyl sites for hydroxylation is 2. The SMILES string of the molecule is O=C(Nc1ccc2cc1CCc1cccc(c1)Nc1ncc(Cl)c(n1)N2)[C@@H]1CCNC1.O=C(O)C(F)(F)F.O=C(O)C(F)(F)F. The molecule has 5 rings (SSSR count). The van der Waals surface area contributed by atoms with E-state index in [2.05, 4.69) is 49.4 Å². The maximum atomic E-state index is 12.7. The third-order valence-electron chi connectivity index (χ3n) is 6.15. The summed E-state index contributed by atoms with van der Waals surface area (Å²) in [5.41, 5.74) is 4.87. The van der Waals surface area contributed by atoms with Gasteiger partial charge in [0.05, 0.1) is 12.1 Å². The summed E-state index contributed by atoms with van der Waals surface area (Å²) >= 11 is 6.33. The normalized spacial score (nSPS) is 15.5. The highest BCUT2D eigenvalue weighted by Crippen LogP contribution is 2.30. The summed E-state index contributed by atoms with van der Waals surface area (Å²) in [6.07, 6.45) is -6.09. The molecule has 0 aliphatic carbocycles. The van der Waals surface area contributed by atoms with Gasteiger partial charge in [-0.25, -0.2) is 14.6 Å². The van der Waals surface area contributed by atoms with Crippen molar-refractivity contribution in [2.75, 3.05) is 29.0 Å². The molecule has 2 aromatic carbocycles. The van der Waals surface area contributed by atoms with E-state index in [1.165, 1.54) is 5.56 Å². The number of hydrogen-bond donors (Lipinski definition) is 6. The zero-order chi connectivity index (χ0) is 33.4. The van der Waals surface area contributed by atoms with Gasteiger partial charge in [0, 0.05) is 23.6 Å². The predicted octanol–water partition coefficient (Wildman–Crippen LogP) is 5.53. The summed E-state index contributed by atoms with van der Waals surface area (Å²) in [6, 6.07) is 14.1. The number of anilines is 5. The van der Waals surface area contributed by atoms with E-state index in [1.807, 2.05) is 24.3 Å². The van der Waals surface area contributed by atoms with Gasteiger partial charge in [-0.15, -0.1) is 0 Å². The Hall–Kier alpha value is -4.64. The number of carbonyl (C=O) groups excluding carboxylic acids is 1. The maximum absolute atomic E-state index is 12.7. The standard InChI is InChI=1S/C23H23ClN6O.2C2HF3O2/c24-19-13-26-23-28-17-3-1-2-14(10-17)4-5-15-11-18(27-21(19)30-23)6-7-20(15)29-22(31)16-8-9-25-12-16;2*3-2(4,5)1(6)7/h1-3,6-7,10-11,13,16,25H,4-5,8-9,12H2,(H,29,31)(H2,26,27,28,30);2*(H,6,7)/t16-;;/m1../s1. The summed E-state index contributed by atoms with van der Waals surface area (Å²) in [5.74, 6) is -4.44. The average molecular weight is 663 g/mol. The van der Waals surface area contributed by atoms with Gasteiger partial charge in [-0.1, -0.05) is 23.7 Å². The van der Waals surface area contributed by atoms with E-state index in [0.29, 0.717) is 16.8 Å². The molecule has 2 aliphatic heterocycles. The second-order valence-electron chi connectivity index (χ2n) is 9.50. The molecular weight excluding hydrogens is 638 g/mol. The molecule has 18 heteroatoms. The Bertz CT molecular complexity index is 1510. The van der Waals surface area contributed by atoms with Crippen LogP contribution < -0.4 is 21.3 Å². The van der Waals surface area contributed by atoms with Crippen molar-refractivity contribution in [3.05, 3.63) is 64.8 Å². The Balaban J connectivity index is 0.000000331. The molecule has 0 radical (unpaired) electrons. The first-order chi connectivity index (χ1) is 21.0. The Labute approximate surface area is 256 Å². The molecule has 45 heavy (non-hydrogen) atoms. The van der Waals surface area contributed by atoms with Gasteiger partial charge in [0.15, 0.2) is 5.82 Å². The predicted molar refractivity (Wildman–Crippen MR) is 151 cm³/mol. The number of aliphatic carboxylic acids is 2. The van der Waals surface area contributed by atoms with Crippen LogP contribution in [-0.2, 0) is 27.2 Å². The van der Waals surface area contributed by atoms with Gasteiger partial charge >= 0.3 is 24.3 Å². The number of nitrogens with zero attached hydrogens (tertiary/aromatic N) is 2. The van der Waals surface area contributed by atoms with Crippen LogP contribution in [0.25, 0.3) is 0 Å². The monoisotopic (exact) mass is 662 g/mol. The smallest absolute Gasteiger partial charge is 0.475 e. The quantitative estimate of drug-likeness (QED) is 0.192. The highest BCUT2D eigenvalue weighted by molar-refractivity contribution is 6.32. The first-order valence-electron chi connectivity index (χ1n) is 12.9. The van der Waals surface area contributed by atoms with Crippen LogP contribution in [0, 0.1) is 5.92 Å². The molecule has 0 saturated carbocycles. The Morgan fingerprint density at radius 2 is 1.56 bits per heavy atom. The number of carbonyl (C=O) groups is 3. The Morgan fingerprint density at radius 1 is 0.911 bits per heavy atom. The number of benzene rings is 2. The molecule has 3 aromatic rings. The van der Waals surface area contributed by atoms with Crippen molar-refractivity contribution in [2.24, 2.45) is 5.92 Å². The highest BCUT2D eigenvalue weighted by atomic mass is 35.5. The highest BCUT2D eigenvalue weighted by Gasteiger charge is 2.38. The summed E-state index contributed by atoms with van der Waals surface area (Å²) in [5, 5.41) is 27.6. The molecule has 1 saturated heterocycles. The van der Waals surface area contributed by atoms with Crippen molar-refractivity contribution in [3.63, 3.8) is 0 Å². The molecule has 2 aliphatic rings. The van der Waals surface area contributed by atoms with Gasteiger partial charge in [0.2, 0.25) is 11.9 Å². The van der Waals surface area contributed by atoms with Gasteiger partial charge in [-0.05, 0) is 67.3 Å². The molecule has 0 spiro atoms. The summed E-state index contributed by atoms with van der Waals surface area (Å²) in [4.78, 5) is 39.3. The average Bonchev–Trinajstić information content (AvgIpc) is 3.50. The van der Waals surface area contributed by atoms with Crippen molar-refractivity contribution in [3.8, 4) is 0 Å². The molecule has 242 valence electrons. The second-order valence-corrected chi connectivity index (χ2v) is 9.90. The molecule has 11 nitrogen and oxygen atoms in total. The lowest BCUT2D eigenvalue weighted by Gasteiger charge is -2.16. The van der Waals surface area contributed by atoms with Gasteiger partial charge in [-0.2, -0.15) is 31.3 Å². The number of halogens is 7. The number of carboxylic acids is 2. The molecule has 1 amide bonds. The molecule has 1 atom stereocenters. The van der Waals surface area contributed by atoms with E-state index in [9.17, 15) is 31.1 Å². The van der Waals surface area contributed by atoms with Crippen molar-refractivity contribution >= 4 is 58.3 Å². The minimum atomic E-state index is -5.08. The minimum absolute atomic E-state index is 0.0146. The van der Waals surface area contributed by atoms with E-state index in [-0.39, 0.29) is 11.8 Å². The minimum Gasteiger partial charge on any atom is -0.475 e. The fourth-order valence-corrected chi connectivity index (χ4v) is 4.12. The molecular formula is C27H25ClF6N6O5. The summed E-state index contributed by atoms with van der Waals surface area (Å²) < 4.78 is 63.5. The van der Waals surface area contributed by atoms with Crippen molar-refractivity contribution in [1.82, 2.24) is 15.3 Å². The maximum Gasteiger partial charge on any atom is 0.490 e. The Morgan fingerprint density at radius 3 is 2.16 bits per heavy atom. The lowest BCUT2D eigenvalue weighted by molar-refractivity contribution is -0.193. The van der Waals surface area contributed by atoms with Crippen LogP contribution in [0.2, 0.25) is 5.02 Å². The fraction of sp³-hybridized carbons (Fsp3) is 0.296. The van der Waals surface area contributed by atoms with Crippen LogP contribution in [-0.4, -0.2) is 63.5 Å². The van der Waals surface area contributed by atoms with Crippen LogP contribution in [0.15, 0.2) is 48.7 Å². The molecule has 3 heterocycles. The zero-order valence-electron chi connectivity index (χ0n) is 22.9. The number of amides is 1. The molecule has 1 aromatic heterocycles. The van der Waals surface area contributed by atoms with Gasteiger partial charge in [-0.3, -0.25) is 4.79 Å². The van der Waals surface area contributed by atoms with Gasteiger partial charge in [0.25, 0.3) is 0 Å². The molecule has 6 N–H and O–H groups in total. The van der Waals surface area contributed by atoms with Crippen LogP contribution in [0.1, 0.15) is 17.5 Å². The van der Waals surface area contributed by atoms with E-state index in [1.54, 1.807) is 6.20 Å². The third kappa shape index (κ3) is 10.8. The van der Waals surface area contributed by atoms with Gasteiger partial charge < -0.3 is 31.5 Å². The van der Waals surface area contributed by atoms with E-state index in [0.717, 1.165) is 55.0 Å². The van der Waals surface area contributed by atoms with Crippen LogP contribution in [0.4, 0.5) is 55.2 Å². The molecule has 6 bridgehead atoms. The van der Waals surface area contributed by atoms with Crippen LogP contribution >= 0.6 is 11.6 Å². The van der Waals surface area contributed by atoms with E-state index < -0.39 is 24.3 Å². The number of hydrogen-bond acceptors (Lipinski definition) is 8. The number of alkyl halides is 6. The van der Waals surface area contributed by atoms with E-state index in [4.69, 9.17) is 31.4 Å². The Kier molecular flexibility index (Phi) is 11.5. The van der Waals surface area contributed by atoms with Crippen molar-refractivity contribution in [1.29, 1.82) is 0 Å². The van der Waals surface area contributed by atoms with Crippen LogP contribution in [0.5, 0.6) is 0 Å². The largest absolute Gasteiger partial charge is 0.490 e. The molecule has 0 unspecified atom stereocenters. The summed E-state index contributed by atoms with van der Waals surface area (Å²) in [6.45, 7) is 1.62. The number of nitrogens with one attached hydrogen (secondary N) is 4. The number of carboxylic acid groups (broad SMARTS) is 2. The van der Waals surface area contributed by atoms with Crippen molar-refractivity contribution < 1.29 is 50.9 Å². The molecule has 1 fully saturated rings. The van der Waals surface area contributed by atoms with Gasteiger partial charge in [0.1, 0.15) is 5.02 Å². The first kappa shape index (κ1) is 34.8. The fourth-order valence-electron chi connectivity index (χ4n) is 3.98. The number of aromatic nitrogens is 2. The summed E-state index contributed by atoms with van der Waals surface area (Å²) in [7, 11) is 0. The number of fused-ring (bicyclic) bond motifs is 6. The third-order valence-corrected chi connectivity index (χ3v) is 6.43. The zero-order valence-corrected chi connectivity index (χ0v) is 23.6. The lowest BCUT2D eigenvalue weighted by Crippen LogP contribution is -2.25. The second kappa shape index (κ2) is 14.9. The lowest BCUT2D eigenvalue weighted by atomic mass is 10.0. The van der Waals surface area contributed by atoms with Crippen LogP contribution in [0.3, 0.4) is 0 Å². The topological polar surface area (TPSA) is 166 Å².